The Morgan fingerprint density at radius 3 is 2.83 bits per heavy atom. The lowest BCUT2D eigenvalue weighted by atomic mass is 10.2. The van der Waals surface area contributed by atoms with Crippen LogP contribution in [0.15, 0.2) is 12.4 Å². The van der Waals surface area contributed by atoms with Crippen molar-refractivity contribution in [2.45, 2.75) is 20.4 Å². The summed E-state index contributed by atoms with van der Waals surface area (Å²) in [6.07, 6.45) is 3.66. The van der Waals surface area contributed by atoms with E-state index in [0.717, 1.165) is 50.9 Å². The van der Waals surface area contributed by atoms with E-state index in [9.17, 15) is 0 Å². The molecule has 0 aliphatic carbocycles. The van der Waals surface area contributed by atoms with E-state index in [1.807, 2.05) is 12.4 Å². The summed E-state index contributed by atoms with van der Waals surface area (Å²) in [5.74, 6) is 1.61. The van der Waals surface area contributed by atoms with E-state index in [1.165, 1.54) is 0 Å². The van der Waals surface area contributed by atoms with Gasteiger partial charge in [0.05, 0.1) is 25.1 Å². The fourth-order valence-corrected chi connectivity index (χ4v) is 1.91. The van der Waals surface area contributed by atoms with Gasteiger partial charge in [-0.3, -0.25) is 4.98 Å². The molecule has 5 heteroatoms. The summed E-state index contributed by atoms with van der Waals surface area (Å²) in [5, 5.41) is 3.39. The largest absolute Gasteiger partial charge is 0.378 e. The lowest BCUT2D eigenvalue weighted by molar-refractivity contribution is 0.122. The molecule has 1 aliphatic heterocycles. The van der Waals surface area contributed by atoms with Crippen LogP contribution in [0.2, 0.25) is 0 Å². The first-order valence-corrected chi connectivity index (χ1v) is 6.60. The van der Waals surface area contributed by atoms with Gasteiger partial charge >= 0.3 is 0 Å². The quantitative estimate of drug-likeness (QED) is 0.847. The number of hydrogen-bond donors (Lipinski definition) is 1. The number of nitrogens with one attached hydrogen (secondary N) is 1. The van der Waals surface area contributed by atoms with Crippen molar-refractivity contribution in [2.75, 3.05) is 37.7 Å². The molecular formula is C13H22N4O. The third-order valence-corrected chi connectivity index (χ3v) is 2.87. The molecule has 1 aliphatic rings. The number of ether oxygens (including phenoxy) is 1. The molecule has 2 rings (SSSR count). The monoisotopic (exact) mass is 250 g/mol. The van der Waals surface area contributed by atoms with Gasteiger partial charge in [-0.1, -0.05) is 13.8 Å². The minimum atomic E-state index is 0.653. The second kappa shape index (κ2) is 6.66. The molecule has 0 spiro atoms. The van der Waals surface area contributed by atoms with E-state index in [1.54, 1.807) is 0 Å². The van der Waals surface area contributed by atoms with Gasteiger partial charge in [0.15, 0.2) is 0 Å². The molecule has 0 atom stereocenters. The fourth-order valence-electron chi connectivity index (χ4n) is 1.91. The molecule has 1 saturated heterocycles. The highest BCUT2D eigenvalue weighted by molar-refractivity contribution is 5.36. The zero-order valence-electron chi connectivity index (χ0n) is 11.2. The van der Waals surface area contributed by atoms with E-state index < -0.39 is 0 Å². The lowest BCUT2D eigenvalue weighted by Gasteiger charge is -2.27. The average Bonchev–Trinajstić information content (AvgIpc) is 2.40. The van der Waals surface area contributed by atoms with Crippen molar-refractivity contribution >= 4 is 5.82 Å². The first kappa shape index (κ1) is 13.2. The normalized spacial score (nSPS) is 16.3. The summed E-state index contributed by atoms with van der Waals surface area (Å²) in [6.45, 7) is 9.53. The maximum atomic E-state index is 5.34. The lowest BCUT2D eigenvalue weighted by Crippen LogP contribution is -2.37. The van der Waals surface area contributed by atoms with Crippen LogP contribution in [0, 0.1) is 5.92 Å². The molecule has 18 heavy (non-hydrogen) atoms. The first-order valence-electron chi connectivity index (χ1n) is 6.60. The summed E-state index contributed by atoms with van der Waals surface area (Å²) in [7, 11) is 0. The van der Waals surface area contributed by atoms with Crippen LogP contribution in [0.3, 0.4) is 0 Å². The number of hydrogen-bond acceptors (Lipinski definition) is 5. The Kier molecular flexibility index (Phi) is 4.90. The van der Waals surface area contributed by atoms with Crippen LogP contribution in [0.4, 0.5) is 5.82 Å². The van der Waals surface area contributed by atoms with Crippen molar-refractivity contribution in [1.82, 2.24) is 15.3 Å². The molecule has 0 bridgehead atoms. The van der Waals surface area contributed by atoms with E-state index >= 15 is 0 Å². The van der Waals surface area contributed by atoms with Crippen LogP contribution < -0.4 is 10.2 Å². The Bertz CT molecular complexity index is 364. The summed E-state index contributed by atoms with van der Waals surface area (Å²) in [6, 6.07) is 0. The molecular weight excluding hydrogens is 228 g/mol. The van der Waals surface area contributed by atoms with E-state index in [4.69, 9.17) is 4.74 Å². The van der Waals surface area contributed by atoms with Gasteiger partial charge in [0.25, 0.3) is 0 Å². The van der Waals surface area contributed by atoms with Gasteiger partial charge in [0, 0.05) is 25.8 Å². The van der Waals surface area contributed by atoms with Crippen molar-refractivity contribution in [3.05, 3.63) is 18.1 Å². The zero-order valence-corrected chi connectivity index (χ0v) is 11.2. The van der Waals surface area contributed by atoms with E-state index in [-0.39, 0.29) is 0 Å². The van der Waals surface area contributed by atoms with Gasteiger partial charge in [-0.2, -0.15) is 0 Å². The van der Waals surface area contributed by atoms with Crippen LogP contribution >= 0.6 is 0 Å². The SMILES string of the molecule is CC(C)CNCc1cncc(N2CCOCC2)n1. The molecule has 1 aromatic rings. The number of anilines is 1. The Balaban J connectivity index is 1.91. The third kappa shape index (κ3) is 3.92. The van der Waals surface area contributed by atoms with E-state index in [2.05, 4.69) is 34.0 Å². The number of nitrogens with zero attached hydrogens (tertiary/aromatic N) is 3. The van der Waals surface area contributed by atoms with Gasteiger partial charge in [-0.25, -0.2) is 4.98 Å². The minimum Gasteiger partial charge on any atom is -0.378 e. The molecule has 1 N–H and O–H groups in total. The smallest absolute Gasteiger partial charge is 0.147 e. The van der Waals surface area contributed by atoms with Crippen LogP contribution in [-0.4, -0.2) is 42.8 Å². The Morgan fingerprint density at radius 2 is 2.11 bits per heavy atom. The van der Waals surface area contributed by atoms with Gasteiger partial charge in [0.1, 0.15) is 5.82 Å². The predicted octanol–water partition coefficient (Wildman–Crippen LogP) is 1.06. The third-order valence-electron chi connectivity index (χ3n) is 2.87. The minimum absolute atomic E-state index is 0.653. The van der Waals surface area contributed by atoms with E-state index in [0.29, 0.717) is 5.92 Å². The number of rotatable bonds is 5. The molecule has 2 heterocycles. The van der Waals surface area contributed by atoms with Crippen LogP contribution in [0.5, 0.6) is 0 Å². The molecule has 0 saturated carbocycles. The van der Waals surface area contributed by atoms with Crippen LogP contribution in [-0.2, 0) is 11.3 Å². The maximum absolute atomic E-state index is 5.34. The summed E-state index contributed by atoms with van der Waals surface area (Å²) in [4.78, 5) is 11.1. The standard InChI is InChI=1S/C13H22N4O/c1-11(2)7-14-8-12-9-15-10-13(16-12)17-3-5-18-6-4-17/h9-11,14H,3-8H2,1-2H3. The summed E-state index contributed by atoms with van der Waals surface area (Å²) < 4.78 is 5.34. The summed E-state index contributed by atoms with van der Waals surface area (Å²) >= 11 is 0. The second-order valence-corrected chi connectivity index (χ2v) is 4.99. The van der Waals surface area contributed by atoms with Gasteiger partial charge in [-0.05, 0) is 12.5 Å². The number of morpholine rings is 1. The molecule has 0 aromatic carbocycles. The molecule has 1 aromatic heterocycles. The average molecular weight is 250 g/mol. The first-order chi connectivity index (χ1) is 8.75. The molecule has 0 radical (unpaired) electrons. The Labute approximate surface area is 109 Å². The highest BCUT2D eigenvalue weighted by Gasteiger charge is 2.12. The molecule has 0 unspecified atom stereocenters. The zero-order chi connectivity index (χ0) is 12.8. The van der Waals surface area contributed by atoms with Crippen LogP contribution in [0.1, 0.15) is 19.5 Å². The second-order valence-electron chi connectivity index (χ2n) is 4.99. The van der Waals surface area contributed by atoms with Crippen molar-refractivity contribution in [2.24, 2.45) is 5.92 Å². The molecule has 1 fully saturated rings. The molecule has 100 valence electrons. The van der Waals surface area contributed by atoms with Crippen molar-refractivity contribution < 1.29 is 4.74 Å². The highest BCUT2D eigenvalue weighted by Crippen LogP contribution is 2.11. The van der Waals surface area contributed by atoms with Gasteiger partial charge in [0.2, 0.25) is 0 Å². The fraction of sp³-hybridized carbons (Fsp3) is 0.692. The molecule has 0 amide bonds. The van der Waals surface area contributed by atoms with Crippen molar-refractivity contribution in [3.63, 3.8) is 0 Å². The maximum Gasteiger partial charge on any atom is 0.147 e. The number of aromatic nitrogens is 2. The molecule has 5 nitrogen and oxygen atoms in total. The highest BCUT2D eigenvalue weighted by atomic mass is 16.5. The van der Waals surface area contributed by atoms with Gasteiger partial charge in [-0.15, -0.1) is 0 Å². The van der Waals surface area contributed by atoms with Crippen LogP contribution in [0.25, 0.3) is 0 Å². The van der Waals surface area contributed by atoms with Crippen molar-refractivity contribution in [1.29, 1.82) is 0 Å². The van der Waals surface area contributed by atoms with Crippen molar-refractivity contribution in [3.8, 4) is 0 Å². The Morgan fingerprint density at radius 1 is 1.33 bits per heavy atom. The topological polar surface area (TPSA) is 50.3 Å². The predicted molar refractivity (Wildman–Crippen MR) is 71.6 cm³/mol. The van der Waals surface area contributed by atoms with Gasteiger partial charge < -0.3 is 15.0 Å². The Hall–Kier alpha value is -1.20. The summed E-state index contributed by atoms with van der Waals surface area (Å²) in [5.41, 5.74) is 1.000.